The van der Waals surface area contributed by atoms with Crippen LogP contribution in [0.2, 0.25) is 0 Å². The third-order valence-electron chi connectivity index (χ3n) is 4.36. The Kier molecular flexibility index (Phi) is 4.53. The molecule has 5 nitrogen and oxygen atoms in total. The highest BCUT2D eigenvalue weighted by Gasteiger charge is 2.23. The Labute approximate surface area is 154 Å². The van der Waals surface area contributed by atoms with Gasteiger partial charge in [-0.3, -0.25) is 4.79 Å². The Morgan fingerprint density at radius 2 is 1.76 bits per heavy atom. The zero-order valence-electron chi connectivity index (χ0n) is 13.6. The number of nitrogens with one attached hydrogen (secondary N) is 1. The van der Waals surface area contributed by atoms with Crippen molar-refractivity contribution >= 4 is 21.8 Å². The molecule has 25 heavy (non-hydrogen) atoms. The molecule has 0 spiro atoms. The lowest BCUT2D eigenvalue weighted by molar-refractivity contribution is -0.121. The molecular formula is C19H18BrNO4. The first-order valence-corrected chi connectivity index (χ1v) is 9.09. The number of carbonyl (C=O) groups excluding carboxylic acids is 1. The number of benzene rings is 2. The van der Waals surface area contributed by atoms with Crippen LogP contribution >= 0.6 is 15.9 Å². The third kappa shape index (κ3) is 3.44. The maximum atomic E-state index is 12.6. The van der Waals surface area contributed by atoms with Crippen molar-refractivity contribution in [2.24, 2.45) is 0 Å². The molecule has 1 atom stereocenters. The van der Waals surface area contributed by atoms with E-state index in [2.05, 4.69) is 21.2 Å². The number of hydrogen-bond donors (Lipinski definition) is 1. The van der Waals surface area contributed by atoms with Crippen LogP contribution in [0.25, 0.3) is 0 Å². The summed E-state index contributed by atoms with van der Waals surface area (Å²) in [5.74, 6) is 2.22. The smallest absolute Gasteiger partial charge is 0.224 e. The summed E-state index contributed by atoms with van der Waals surface area (Å²) in [7, 11) is 0. The second kappa shape index (κ2) is 6.96. The molecule has 6 heteroatoms. The van der Waals surface area contributed by atoms with Crippen LogP contribution in [-0.4, -0.2) is 25.7 Å². The second-order valence-corrected chi connectivity index (χ2v) is 6.91. The van der Waals surface area contributed by atoms with E-state index >= 15 is 0 Å². The van der Waals surface area contributed by atoms with Crippen LogP contribution in [-0.2, 0) is 11.2 Å². The highest BCUT2D eigenvalue weighted by molar-refractivity contribution is 9.10. The molecule has 1 N–H and O–H groups in total. The summed E-state index contributed by atoms with van der Waals surface area (Å²) in [4.78, 5) is 12.6. The number of ether oxygens (including phenoxy) is 3. The first kappa shape index (κ1) is 16.3. The van der Waals surface area contributed by atoms with E-state index < -0.39 is 0 Å². The minimum Gasteiger partial charge on any atom is -0.493 e. The molecule has 0 saturated heterocycles. The van der Waals surface area contributed by atoms with E-state index in [4.69, 9.17) is 14.2 Å². The highest BCUT2D eigenvalue weighted by atomic mass is 79.9. The topological polar surface area (TPSA) is 56.8 Å². The lowest BCUT2D eigenvalue weighted by Crippen LogP contribution is -2.33. The van der Waals surface area contributed by atoms with Gasteiger partial charge in [0.05, 0.1) is 19.1 Å². The van der Waals surface area contributed by atoms with Gasteiger partial charge in [0, 0.05) is 16.5 Å². The van der Waals surface area contributed by atoms with Crippen LogP contribution < -0.4 is 19.5 Å². The molecular weight excluding hydrogens is 386 g/mol. The number of para-hydroxylation sites is 1. The van der Waals surface area contributed by atoms with Crippen LogP contribution in [0.15, 0.2) is 40.9 Å². The van der Waals surface area contributed by atoms with Crippen molar-refractivity contribution in [1.82, 2.24) is 5.32 Å². The van der Waals surface area contributed by atoms with E-state index in [-0.39, 0.29) is 18.4 Å². The molecule has 2 aliphatic heterocycles. The third-order valence-corrected chi connectivity index (χ3v) is 5.09. The number of halogens is 1. The van der Waals surface area contributed by atoms with Crippen molar-refractivity contribution in [3.05, 3.63) is 52.0 Å². The van der Waals surface area contributed by atoms with E-state index in [1.807, 2.05) is 36.4 Å². The summed E-state index contributed by atoms with van der Waals surface area (Å²) in [6.45, 7) is 1.68. The molecule has 0 fully saturated rings. The van der Waals surface area contributed by atoms with Crippen LogP contribution in [0.1, 0.15) is 23.6 Å². The summed E-state index contributed by atoms with van der Waals surface area (Å²) in [6, 6.07) is 11.6. The van der Waals surface area contributed by atoms with Gasteiger partial charge in [-0.05, 0) is 23.8 Å². The molecule has 0 saturated carbocycles. The summed E-state index contributed by atoms with van der Waals surface area (Å²) in [6.07, 6.45) is 1.04. The Balaban J connectivity index is 1.48. The van der Waals surface area contributed by atoms with E-state index in [0.29, 0.717) is 31.3 Å². The van der Waals surface area contributed by atoms with E-state index in [9.17, 15) is 4.79 Å². The maximum absolute atomic E-state index is 12.6. The van der Waals surface area contributed by atoms with Crippen molar-refractivity contribution < 1.29 is 19.0 Å². The average Bonchev–Trinajstić information content (AvgIpc) is 2.63. The molecule has 1 unspecified atom stereocenters. The summed E-state index contributed by atoms with van der Waals surface area (Å²) < 4.78 is 17.7. The van der Waals surface area contributed by atoms with Gasteiger partial charge in [-0.15, -0.1) is 0 Å². The quantitative estimate of drug-likeness (QED) is 0.852. The fraction of sp³-hybridized carbons (Fsp3) is 0.316. The molecule has 2 aromatic rings. The zero-order chi connectivity index (χ0) is 17.2. The molecule has 130 valence electrons. The lowest BCUT2D eigenvalue weighted by atomic mass is 10.00. The molecule has 2 aliphatic rings. The molecule has 0 aliphatic carbocycles. The van der Waals surface area contributed by atoms with Crippen molar-refractivity contribution in [1.29, 1.82) is 0 Å². The van der Waals surface area contributed by atoms with E-state index in [0.717, 1.165) is 27.8 Å². The van der Waals surface area contributed by atoms with Gasteiger partial charge >= 0.3 is 0 Å². The van der Waals surface area contributed by atoms with Gasteiger partial charge < -0.3 is 19.5 Å². The van der Waals surface area contributed by atoms with E-state index in [1.165, 1.54) is 0 Å². The largest absolute Gasteiger partial charge is 0.493 e. The van der Waals surface area contributed by atoms with Crippen LogP contribution in [0.4, 0.5) is 0 Å². The van der Waals surface area contributed by atoms with Gasteiger partial charge in [0.2, 0.25) is 5.91 Å². The number of rotatable bonds is 3. The Hall–Kier alpha value is -2.21. The van der Waals surface area contributed by atoms with Gasteiger partial charge in [0.1, 0.15) is 19.0 Å². The van der Waals surface area contributed by atoms with Gasteiger partial charge in [-0.2, -0.15) is 0 Å². The summed E-state index contributed by atoms with van der Waals surface area (Å²) in [5, 5.41) is 3.12. The molecule has 0 aromatic heterocycles. The molecule has 2 heterocycles. The summed E-state index contributed by atoms with van der Waals surface area (Å²) >= 11 is 3.52. The van der Waals surface area contributed by atoms with Crippen LogP contribution in [0.3, 0.4) is 0 Å². The fourth-order valence-electron chi connectivity index (χ4n) is 3.15. The Morgan fingerprint density at radius 3 is 2.60 bits per heavy atom. The predicted molar refractivity (Wildman–Crippen MR) is 96.3 cm³/mol. The number of fused-ring (bicyclic) bond motifs is 2. The molecule has 2 aromatic carbocycles. The Bertz CT molecular complexity index is 808. The fourth-order valence-corrected chi connectivity index (χ4v) is 3.61. The highest BCUT2D eigenvalue weighted by Crippen LogP contribution is 2.36. The zero-order valence-corrected chi connectivity index (χ0v) is 15.2. The molecule has 0 radical (unpaired) electrons. The predicted octanol–water partition coefficient (Wildman–Crippen LogP) is 3.40. The minimum atomic E-state index is -0.0286. The number of hydrogen-bond acceptors (Lipinski definition) is 4. The van der Waals surface area contributed by atoms with Crippen LogP contribution in [0.5, 0.6) is 17.2 Å². The van der Waals surface area contributed by atoms with Gasteiger partial charge in [-0.1, -0.05) is 34.1 Å². The van der Waals surface area contributed by atoms with E-state index in [1.54, 1.807) is 0 Å². The second-order valence-electron chi connectivity index (χ2n) is 6.06. The first-order chi connectivity index (χ1) is 12.2. The number of carbonyl (C=O) groups is 1. The average molecular weight is 404 g/mol. The monoisotopic (exact) mass is 403 g/mol. The first-order valence-electron chi connectivity index (χ1n) is 8.30. The van der Waals surface area contributed by atoms with Crippen molar-refractivity contribution in [3.63, 3.8) is 0 Å². The normalized spacial score (nSPS) is 18.0. The molecule has 1 amide bonds. The van der Waals surface area contributed by atoms with Crippen molar-refractivity contribution in [2.75, 3.05) is 19.8 Å². The maximum Gasteiger partial charge on any atom is 0.224 e. The standard InChI is InChI=1S/C19H18BrNO4/c20-14-11-18-17(24-7-8-25-18)9-12(14)10-19(22)21-15-5-6-23-16-4-2-1-3-13(15)16/h1-4,9,11,15H,5-8,10H2,(H,21,22). The minimum absolute atomic E-state index is 0.0200. The van der Waals surface area contributed by atoms with Gasteiger partial charge in [0.15, 0.2) is 11.5 Å². The Morgan fingerprint density at radius 1 is 1.04 bits per heavy atom. The SMILES string of the molecule is O=C(Cc1cc2c(cc1Br)OCCO2)NC1CCOc2ccccc21. The van der Waals surface area contributed by atoms with Gasteiger partial charge in [-0.25, -0.2) is 0 Å². The lowest BCUT2D eigenvalue weighted by Gasteiger charge is -2.26. The number of amides is 1. The van der Waals surface area contributed by atoms with Gasteiger partial charge in [0.25, 0.3) is 0 Å². The van der Waals surface area contributed by atoms with Crippen molar-refractivity contribution in [2.45, 2.75) is 18.9 Å². The molecule has 0 bridgehead atoms. The van der Waals surface area contributed by atoms with Crippen LogP contribution in [0, 0.1) is 0 Å². The van der Waals surface area contributed by atoms with Crippen molar-refractivity contribution in [3.8, 4) is 17.2 Å². The summed E-state index contributed by atoms with van der Waals surface area (Å²) in [5.41, 5.74) is 1.91. The molecule has 4 rings (SSSR count).